The van der Waals surface area contributed by atoms with Crippen LogP contribution in [0.5, 0.6) is 0 Å². The molecule has 1 aliphatic carbocycles. The summed E-state index contributed by atoms with van der Waals surface area (Å²) in [6, 6.07) is 0. The first-order chi connectivity index (χ1) is 8.80. The molecule has 0 heterocycles. The van der Waals surface area contributed by atoms with Crippen molar-refractivity contribution in [1.82, 2.24) is 0 Å². The quantitative estimate of drug-likeness (QED) is 0.451. The Morgan fingerprint density at radius 1 is 1.63 bits per heavy atom. The van der Waals surface area contributed by atoms with Gasteiger partial charge in [0.25, 0.3) is 0 Å². The van der Waals surface area contributed by atoms with E-state index in [1.165, 1.54) is 20.1 Å². The van der Waals surface area contributed by atoms with Crippen LogP contribution in [-0.2, 0) is 14.3 Å². The van der Waals surface area contributed by atoms with E-state index in [4.69, 9.17) is 4.74 Å². The second-order valence-electron chi connectivity index (χ2n) is 4.54. The molecule has 0 spiro atoms. The van der Waals surface area contributed by atoms with Crippen molar-refractivity contribution >= 4 is 27.7 Å². The lowest BCUT2D eigenvalue weighted by Gasteiger charge is -2.28. The third-order valence-corrected chi connectivity index (χ3v) is 4.29. The van der Waals surface area contributed by atoms with Gasteiger partial charge in [0, 0.05) is 6.42 Å². The summed E-state index contributed by atoms with van der Waals surface area (Å²) >= 11 is 3.23. The van der Waals surface area contributed by atoms with Gasteiger partial charge in [-0.1, -0.05) is 35.2 Å². The molecule has 1 rings (SSSR count). The number of halogens is 2. The van der Waals surface area contributed by atoms with Gasteiger partial charge in [0.1, 0.15) is 17.0 Å². The average Bonchev–Trinajstić information content (AvgIpc) is 2.66. The first kappa shape index (κ1) is 15.8. The Hall–Kier alpha value is -1.23. The zero-order chi connectivity index (χ0) is 14.8. The summed E-state index contributed by atoms with van der Waals surface area (Å²) in [5.41, 5.74) is -0.599. The van der Waals surface area contributed by atoms with Crippen LogP contribution in [0, 0.1) is 5.41 Å². The van der Waals surface area contributed by atoms with Gasteiger partial charge in [-0.05, 0) is 24.5 Å². The Kier molecular flexibility index (Phi) is 4.85. The van der Waals surface area contributed by atoms with E-state index >= 15 is 0 Å². The van der Waals surface area contributed by atoms with Crippen LogP contribution >= 0.6 is 15.9 Å². The number of carbonyl (C=O) groups excluding carboxylic acids is 2. The number of ether oxygens (including phenoxy) is 1. The molecule has 2 atom stereocenters. The van der Waals surface area contributed by atoms with Crippen LogP contribution in [0.1, 0.15) is 19.8 Å². The largest absolute Gasteiger partial charge is 0.468 e. The molecular formula is C14H16BrFO3. The van der Waals surface area contributed by atoms with Crippen molar-refractivity contribution in [3.05, 3.63) is 36.2 Å². The summed E-state index contributed by atoms with van der Waals surface area (Å²) in [4.78, 5) is 23.5. The highest BCUT2D eigenvalue weighted by Crippen LogP contribution is 2.48. The number of ketones is 1. The summed E-state index contributed by atoms with van der Waals surface area (Å²) in [7, 11) is 1.25. The maximum atomic E-state index is 13.4. The molecule has 0 aliphatic heterocycles. The molecule has 104 valence electrons. The monoisotopic (exact) mass is 330 g/mol. The molecule has 0 radical (unpaired) electrons. The van der Waals surface area contributed by atoms with E-state index in [2.05, 4.69) is 29.1 Å². The van der Waals surface area contributed by atoms with Gasteiger partial charge < -0.3 is 4.74 Å². The number of esters is 1. The molecule has 0 bridgehead atoms. The van der Waals surface area contributed by atoms with Crippen molar-refractivity contribution in [1.29, 1.82) is 0 Å². The van der Waals surface area contributed by atoms with E-state index in [0.29, 0.717) is 5.57 Å². The summed E-state index contributed by atoms with van der Waals surface area (Å²) in [5.74, 6) is -1.32. The number of alkyl halides is 1. The van der Waals surface area contributed by atoms with Crippen LogP contribution in [0.25, 0.3) is 0 Å². The normalized spacial score (nSPS) is 27.8. The van der Waals surface area contributed by atoms with E-state index < -0.39 is 22.0 Å². The molecule has 3 nitrogen and oxygen atoms in total. The third-order valence-electron chi connectivity index (χ3n) is 3.46. The first-order valence-corrected chi connectivity index (χ1v) is 6.65. The zero-order valence-corrected chi connectivity index (χ0v) is 12.5. The highest BCUT2D eigenvalue weighted by Gasteiger charge is 2.52. The zero-order valence-electron chi connectivity index (χ0n) is 11.0. The number of methoxy groups -OCH3 is 1. The van der Waals surface area contributed by atoms with E-state index in [1.54, 1.807) is 0 Å². The number of allylic oxidation sites excluding steroid dienone is 3. The molecule has 19 heavy (non-hydrogen) atoms. The highest BCUT2D eigenvalue weighted by molar-refractivity contribution is 9.10. The molecule has 2 unspecified atom stereocenters. The average molecular weight is 331 g/mol. The number of rotatable bonds is 4. The van der Waals surface area contributed by atoms with E-state index in [0.717, 1.165) is 0 Å². The Bertz CT molecular complexity index is 481. The van der Waals surface area contributed by atoms with Crippen molar-refractivity contribution in [2.45, 2.75) is 24.6 Å². The van der Waals surface area contributed by atoms with Gasteiger partial charge in [0.2, 0.25) is 0 Å². The number of Topliss-reactive ketones (excluding diaryl/α,β-unsaturated/α-hetero) is 1. The van der Waals surface area contributed by atoms with Gasteiger partial charge in [-0.2, -0.15) is 0 Å². The lowest BCUT2D eigenvalue weighted by atomic mass is 9.76. The summed E-state index contributed by atoms with van der Waals surface area (Å²) in [6.07, 6.45) is 1.60. The van der Waals surface area contributed by atoms with Gasteiger partial charge in [-0.25, -0.2) is 4.39 Å². The van der Waals surface area contributed by atoms with Crippen LogP contribution in [0.2, 0.25) is 0 Å². The fourth-order valence-corrected chi connectivity index (χ4v) is 3.13. The predicted molar refractivity (Wildman–Crippen MR) is 74.6 cm³/mol. The molecule has 1 fully saturated rings. The second-order valence-corrected chi connectivity index (χ2v) is 5.64. The minimum absolute atomic E-state index is 0.0262. The van der Waals surface area contributed by atoms with Crippen LogP contribution < -0.4 is 0 Å². The molecule has 1 aliphatic rings. The SMILES string of the molecule is C=C/C(=C(/C)C(=C)F)C1(C(=O)OC)CC(=O)C(Br)C1. The first-order valence-electron chi connectivity index (χ1n) is 5.74. The van der Waals surface area contributed by atoms with Gasteiger partial charge in [-0.3, -0.25) is 9.59 Å². The van der Waals surface area contributed by atoms with Crippen molar-refractivity contribution in [3.63, 3.8) is 0 Å². The molecule has 0 aromatic rings. The standard InChI is InChI=1S/C14H16BrFO3/c1-5-10(8(2)9(3)16)14(13(18)19-4)6-11(15)12(17)7-14/h5,11H,1,3,6-7H2,2,4H3/b10-8+. The highest BCUT2D eigenvalue weighted by atomic mass is 79.9. The van der Waals surface area contributed by atoms with Crippen molar-refractivity contribution in [2.75, 3.05) is 7.11 Å². The van der Waals surface area contributed by atoms with E-state index in [9.17, 15) is 14.0 Å². The maximum Gasteiger partial charge on any atom is 0.316 e. The topological polar surface area (TPSA) is 43.4 Å². The predicted octanol–water partition coefficient (Wildman–Crippen LogP) is 3.26. The summed E-state index contributed by atoms with van der Waals surface area (Å²) < 4.78 is 18.2. The summed E-state index contributed by atoms with van der Waals surface area (Å²) in [5, 5.41) is 0. The van der Waals surface area contributed by atoms with Crippen molar-refractivity contribution < 1.29 is 18.7 Å². The minimum atomic E-state index is -1.18. The lowest BCUT2D eigenvalue weighted by molar-refractivity contribution is -0.150. The van der Waals surface area contributed by atoms with Crippen LogP contribution in [0.4, 0.5) is 4.39 Å². The van der Waals surface area contributed by atoms with Crippen LogP contribution in [0.3, 0.4) is 0 Å². The minimum Gasteiger partial charge on any atom is -0.468 e. The van der Waals surface area contributed by atoms with E-state index in [1.807, 2.05) is 0 Å². The Labute approximate surface area is 120 Å². The van der Waals surface area contributed by atoms with Crippen molar-refractivity contribution in [2.24, 2.45) is 5.41 Å². The molecule has 5 heteroatoms. The fraction of sp³-hybridized carbons (Fsp3) is 0.429. The van der Waals surface area contributed by atoms with E-state index in [-0.39, 0.29) is 24.2 Å². The van der Waals surface area contributed by atoms with Gasteiger partial charge in [-0.15, -0.1) is 0 Å². The molecule has 1 saturated carbocycles. The van der Waals surface area contributed by atoms with Crippen LogP contribution in [0.15, 0.2) is 36.2 Å². The Morgan fingerprint density at radius 2 is 2.21 bits per heavy atom. The molecule has 0 amide bonds. The van der Waals surface area contributed by atoms with Crippen LogP contribution in [-0.4, -0.2) is 23.7 Å². The Morgan fingerprint density at radius 3 is 2.53 bits per heavy atom. The fourth-order valence-electron chi connectivity index (χ4n) is 2.42. The second kappa shape index (κ2) is 5.82. The third kappa shape index (κ3) is 2.71. The smallest absolute Gasteiger partial charge is 0.316 e. The van der Waals surface area contributed by atoms with Gasteiger partial charge in [0.15, 0.2) is 0 Å². The maximum absolute atomic E-state index is 13.4. The lowest BCUT2D eigenvalue weighted by Crippen LogP contribution is -2.32. The molecule has 0 N–H and O–H groups in total. The van der Waals surface area contributed by atoms with Gasteiger partial charge >= 0.3 is 5.97 Å². The number of hydrogen-bond donors (Lipinski definition) is 0. The molecule has 0 aromatic carbocycles. The van der Waals surface area contributed by atoms with Crippen molar-refractivity contribution in [3.8, 4) is 0 Å². The Balaban J connectivity index is 3.46. The number of carbonyl (C=O) groups is 2. The van der Waals surface area contributed by atoms with Gasteiger partial charge in [0.05, 0.1) is 11.9 Å². The molecule has 0 saturated heterocycles. The summed E-state index contributed by atoms with van der Waals surface area (Å²) in [6.45, 7) is 8.36. The number of hydrogen-bond acceptors (Lipinski definition) is 3. The molecular weight excluding hydrogens is 315 g/mol. The molecule has 0 aromatic heterocycles.